The zero-order valence-corrected chi connectivity index (χ0v) is 10.9. The summed E-state index contributed by atoms with van der Waals surface area (Å²) < 4.78 is 8.66. The van der Waals surface area contributed by atoms with Gasteiger partial charge in [-0.15, -0.1) is 0 Å². The van der Waals surface area contributed by atoms with E-state index in [0.29, 0.717) is 5.56 Å². The zero-order chi connectivity index (χ0) is 14.8. The molecular formula is C14H16O5. The van der Waals surface area contributed by atoms with Gasteiger partial charge in [-0.05, 0) is 17.7 Å². The fourth-order valence-corrected chi connectivity index (χ4v) is 1.02. The summed E-state index contributed by atoms with van der Waals surface area (Å²) in [5, 5.41) is 8.99. The summed E-state index contributed by atoms with van der Waals surface area (Å²) in [5.41, 5.74) is 0.923. The van der Waals surface area contributed by atoms with Crippen LogP contribution < -0.4 is 0 Å². The summed E-state index contributed by atoms with van der Waals surface area (Å²) in [6.45, 7) is 8.05. The molecule has 102 valence electrons. The van der Waals surface area contributed by atoms with Gasteiger partial charge in [0.25, 0.3) is 0 Å². The van der Waals surface area contributed by atoms with E-state index in [-0.39, 0.29) is 17.3 Å². The van der Waals surface area contributed by atoms with Gasteiger partial charge in [0, 0.05) is 6.92 Å². The summed E-state index contributed by atoms with van der Waals surface area (Å²) in [4.78, 5) is 20.8. The van der Waals surface area contributed by atoms with Crippen LogP contribution in [0.2, 0.25) is 0 Å². The number of carbonyl (C=O) groups excluding carboxylic acids is 2. The van der Waals surface area contributed by atoms with Crippen molar-refractivity contribution in [2.75, 3.05) is 7.11 Å². The van der Waals surface area contributed by atoms with Crippen molar-refractivity contribution < 1.29 is 24.2 Å². The van der Waals surface area contributed by atoms with Gasteiger partial charge in [0.1, 0.15) is 5.75 Å². The molecular weight excluding hydrogens is 248 g/mol. The first-order valence-corrected chi connectivity index (χ1v) is 5.27. The van der Waals surface area contributed by atoms with Crippen molar-refractivity contribution in [3.8, 4) is 5.75 Å². The molecule has 0 spiro atoms. The molecule has 0 fully saturated rings. The minimum atomic E-state index is -0.467. The van der Waals surface area contributed by atoms with Crippen LogP contribution in [-0.4, -0.2) is 24.2 Å². The standard InChI is InChI=1S/C10H10O3.C4H6O2/c1-7(10(12)13-2)8-3-5-9(11)6-4-8;1-3-6-4(2)5/h3-6,11H,1H2,2H3;3H,1H2,2H3. The Morgan fingerprint density at radius 1 is 1.26 bits per heavy atom. The predicted molar refractivity (Wildman–Crippen MR) is 71.1 cm³/mol. The third-order valence-electron chi connectivity index (χ3n) is 1.90. The lowest BCUT2D eigenvalue weighted by Gasteiger charge is -2.02. The molecule has 5 heteroatoms. The average Bonchev–Trinajstić information content (AvgIpc) is 2.38. The molecule has 0 amide bonds. The topological polar surface area (TPSA) is 72.8 Å². The summed E-state index contributed by atoms with van der Waals surface area (Å²) in [6, 6.07) is 6.19. The lowest BCUT2D eigenvalue weighted by molar-refractivity contribution is -0.135. The largest absolute Gasteiger partial charge is 0.508 e. The molecule has 0 aliphatic heterocycles. The first-order chi connectivity index (χ1) is 8.92. The van der Waals surface area contributed by atoms with Gasteiger partial charge in [0.2, 0.25) is 0 Å². The van der Waals surface area contributed by atoms with Crippen LogP contribution in [0, 0.1) is 0 Å². The predicted octanol–water partition coefficient (Wildman–Crippen LogP) is 2.27. The molecule has 1 aromatic rings. The zero-order valence-electron chi connectivity index (χ0n) is 10.9. The number of hydrogen-bond acceptors (Lipinski definition) is 5. The second-order valence-electron chi connectivity index (χ2n) is 3.29. The summed E-state index contributed by atoms with van der Waals surface area (Å²) in [6.07, 6.45) is 1.10. The molecule has 0 heterocycles. The first-order valence-electron chi connectivity index (χ1n) is 5.27. The van der Waals surface area contributed by atoms with E-state index < -0.39 is 5.97 Å². The van der Waals surface area contributed by atoms with Gasteiger partial charge in [0.05, 0.1) is 18.9 Å². The van der Waals surface area contributed by atoms with E-state index in [9.17, 15) is 9.59 Å². The van der Waals surface area contributed by atoms with Gasteiger partial charge in [-0.1, -0.05) is 25.3 Å². The Labute approximate surface area is 111 Å². The van der Waals surface area contributed by atoms with E-state index >= 15 is 0 Å². The van der Waals surface area contributed by atoms with Crippen molar-refractivity contribution in [1.82, 2.24) is 0 Å². The van der Waals surface area contributed by atoms with Crippen molar-refractivity contribution in [1.29, 1.82) is 0 Å². The fraction of sp³-hybridized carbons (Fsp3) is 0.143. The second-order valence-corrected chi connectivity index (χ2v) is 3.29. The molecule has 0 aliphatic carbocycles. The number of methoxy groups -OCH3 is 1. The Kier molecular flexibility index (Phi) is 7.37. The van der Waals surface area contributed by atoms with Crippen molar-refractivity contribution in [2.45, 2.75) is 6.92 Å². The Balaban J connectivity index is 0.000000459. The van der Waals surface area contributed by atoms with Crippen LogP contribution in [0.25, 0.3) is 5.57 Å². The fourth-order valence-electron chi connectivity index (χ4n) is 1.02. The van der Waals surface area contributed by atoms with E-state index in [1.165, 1.54) is 26.2 Å². The highest BCUT2D eigenvalue weighted by atomic mass is 16.5. The van der Waals surface area contributed by atoms with E-state index in [1.807, 2.05) is 0 Å². The van der Waals surface area contributed by atoms with E-state index in [2.05, 4.69) is 22.6 Å². The number of ether oxygens (including phenoxy) is 2. The number of benzene rings is 1. The molecule has 0 aromatic heterocycles. The third-order valence-corrected chi connectivity index (χ3v) is 1.90. The summed E-state index contributed by atoms with van der Waals surface area (Å²) >= 11 is 0. The van der Waals surface area contributed by atoms with Crippen molar-refractivity contribution in [2.24, 2.45) is 0 Å². The van der Waals surface area contributed by atoms with E-state index in [1.54, 1.807) is 12.1 Å². The van der Waals surface area contributed by atoms with E-state index in [0.717, 1.165) is 6.26 Å². The lowest BCUT2D eigenvalue weighted by atomic mass is 10.1. The molecule has 1 aromatic carbocycles. The number of aromatic hydroxyl groups is 1. The highest BCUT2D eigenvalue weighted by molar-refractivity contribution is 6.15. The molecule has 1 rings (SSSR count). The molecule has 0 aliphatic rings. The van der Waals surface area contributed by atoms with Crippen molar-refractivity contribution >= 4 is 17.5 Å². The van der Waals surface area contributed by atoms with Crippen LogP contribution in [0.5, 0.6) is 5.75 Å². The van der Waals surface area contributed by atoms with Gasteiger partial charge >= 0.3 is 11.9 Å². The number of phenols is 1. The lowest BCUT2D eigenvalue weighted by Crippen LogP contribution is -2.02. The summed E-state index contributed by atoms with van der Waals surface area (Å²) in [5.74, 6) is -0.642. The van der Waals surface area contributed by atoms with Crippen LogP contribution in [0.3, 0.4) is 0 Å². The smallest absolute Gasteiger partial charge is 0.337 e. The molecule has 0 atom stereocenters. The quantitative estimate of drug-likeness (QED) is 0.515. The number of carbonyl (C=O) groups is 2. The number of phenolic OH excluding ortho intramolecular Hbond substituents is 1. The minimum Gasteiger partial charge on any atom is -0.508 e. The molecule has 0 unspecified atom stereocenters. The Hall–Kier alpha value is -2.56. The van der Waals surface area contributed by atoms with Crippen LogP contribution >= 0.6 is 0 Å². The Morgan fingerprint density at radius 3 is 2.11 bits per heavy atom. The molecule has 0 bridgehead atoms. The first kappa shape index (κ1) is 16.4. The van der Waals surface area contributed by atoms with Gasteiger partial charge < -0.3 is 14.6 Å². The second kappa shape index (κ2) is 8.52. The number of rotatable bonds is 3. The highest BCUT2D eigenvalue weighted by Gasteiger charge is 2.08. The Bertz CT molecular complexity index is 459. The molecule has 1 N–H and O–H groups in total. The van der Waals surface area contributed by atoms with Crippen molar-refractivity contribution in [3.05, 3.63) is 49.2 Å². The number of esters is 2. The normalized spacial score (nSPS) is 8.53. The van der Waals surface area contributed by atoms with Gasteiger partial charge in [-0.25, -0.2) is 4.79 Å². The minimum absolute atomic E-state index is 0.154. The molecule has 0 saturated carbocycles. The van der Waals surface area contributed by atoms with Crippen LogP contribution in [0.1, 0.15) is 12.5 Å². The molecule has 5 nitrogen and oxygen atoms in total. The van der Waals surface area contributed by atoms with E-state index in [4.69, 9.17) is 5.11 Å². The maximum atomic E-state index is 11.0. The maximum absolute atomic E-state index is 11.0. The third kappa shape index (κ3) is 6.68. The monoisotopic (exact) mass is 264 g/mol. The number of hydrogen-bond donors (Lipinski definition) is 1. The van der Waals surface area contributed by atoms with Gasteiger partial charge in [-0.2, -0.15) is 0 Å². The Morgan fingerprint density at radius 2 is 1.79 bits per heavy atom. The molecule has 0 saturated heterocycles. The highest BCUT2D eigenvalue weighted by Crippen LogP contribution is 2.17. The van der Waals surface area contributed by atoms with Crippen LogP contribution in [0.15, 0.2) is 43.7 Å². The van der Waals surface area contributed by atoms with Crippen LogP contribution in [0.4, 0.5) is 0 Å². The SMILES string of the molecule is C=C(C(=O)OC)c1ccc(O)cc1.C=COC(C)=O. The maximum Gasteiger partial charge on any atom is 0.337 e. The average molecular weight is 264 g/mol. The molecule has 0 radical (unpaired) electrons. The summed E-state index contributed by atoms with van der Waals surface area (Å²) in [7, 11) is 1.30. The molecule has 19 heavy (non-hydrogen) atoms. The van der Waals surface area contributed by atoms with Gasteiger partial charge in [0.15, 0.2) is 0 Å². The van der Waals surface area contributed by atoms with Crippen LogP contribution in [-0.2, 0) is 19.1 Å². The van der Waals surface area contributed by atoms with Gasteiger partial charge in [-0.3, -0.25) is 4.79 Å². The van der Waals surface area contributed by atoms with Crippen molar-refractivity contribution in [3.63, 3.8) is 0 Å².